The van der Waals surface area contributed by atoms with Gasteiger partial charge in [0.25, 0.3) is 17.7 Å². The Morgan fingerprint density at radius 3 is 0.885 bits per heavy atom. The second kappa shape index (κ2) is 34.8. The molecule has 16 aliphatic rings. The maximum atomic E-state index is 12.2. The second-order valence-electron chi connectivity index (χ2n) is 38.0. The number of aliphatic hydroxyl groups is 13. The highest BCUT2D eigenvalue weighted by atomic mass is 16.6. The van der Waals surface area contributed by atoms with E-state index < -0.39 is 145 Å². The highest BCUT2D eigenvalue weighted by Crippen LogP contribution is 2.60. The average molecular weight is 1810 g/mol. The number of nitrogens with zero attached hydrogens (tertiary/aromatic N) is 16. The minimum atomic E-state index is -1.42. The molecule has 12 saturated carbocycles. The number of hydrogen-bond acceptors (Lipinski definition) is 36. The van der Waals surface area contributed by atoms with Crippen LogP contribution in [-0.2, 0) is 33.3 Å². The van der Waals surface area contributed by atoms with Gasteiger partial charge >= 0.3 is 0 Å². The van der Waals surface area contributed by atoms with Crippen molar-refractivity contribution in [1.82, 2.24) is 94.0 Å². The number of hydrogen-bond donors (Lipinski definition) is 20. The summed E-state index contributed by atoms with van der Waals surface area (Å²) in [6, 6.07) is 0. The molecule has 10 unspecified atom stereocenters. The van der Waals surface area contributed by atoms with Crippen LogP contribution in [0.1, 0.15) is 185 Å². The lowest BCUT2D eigenvalue weighted by Gasteiger charge is -2.56. The largest absolute Gasteiger partial charge is 0.394 e. The Labute approximate surface area is 749 Å². The van der Waals surface area contributed by atoms with Gasteiger partial charge in [0, 0.05) is 19.6 Å². The Kier molecular flexibility index (Phi) is 23.8. The summed E-state index contributed by atoms with van der Waals surface area (Å²) in [5.74, 6) is 28.0. The van der Waals surface area contributed by atoms with E-state index in [2.05, 4.69) is 123 Å². The van der Waals surface area contributed by atoms with Gasteiger partial charge in [-0.05, 0) is 231 Å². The van der Waals surface area contributed by atoms with Crippen molar-refractivity contribution in [2.24, 2.45) is 71.0 Å². The molecular weight excluding hydrogens is 1700 g/mol. The third-order valence-corrected chi connectivity index (χ3v) is 29.9. The number of imidazole rings is 4. The standard InChI is InChI=1S/C24H30N6O5.C22H27N5O5.2C21H26N6O5/c1-2-26-22(33)19-17(31)18(32)23(35-19)30-10-27-16-20(25)28-15(29-21(16)30)3-4-24(34)13-6-11-5-12(8-13)9-14(24)7-11;23-19-16-20(27(9-24-16)21-18(30)17(29)14(8-28)32-21)26-15(25-19)1-2-22(31)12-4-10-3-11(6-12)7-13(22)5-10;2*1-2-23-19(30)16-14(28)15(29)20(32-16)27-9-24-13-17(22)25-12(26-18(13)27)5-6-21(31)8-10-3-4-11(21)7-10/h10-14,17-19,23,31-32,34H,2,5-9H2,1H3,(H,26,33)(H2,25,28,29);9-14,17-18,21,28-31H,3-8H2,(H2,23,25,26);2*9-11,14-16,20,28-29,31H,2-4,7-8H2,1H3,(H,23,30)(H2,22,25,26)/t11?,12?,13?,14?,17?,18-,19-,23+,24?;10?,11?,12?,13?,14-,17?,18+,21-,22?;2*10?,11?,14?,15-,16-,20+,21?/m0100/s1. The van der Waals surface area contributed by atoms with E-state index in [1.807, 2.05) is 0 Å². The fraction of sp³-hybridized carbons (Fsp3) is 0.648. The van der Waals surface area contributed by atoms with Gasteiger partial charge in [-0.3, -0.25) is 32.7 Å². The van der Waals surface area contributed by atoms with Gasteiger partial charge in [-0.25, -0.2) is 59.8 Å². The monoisotopic (exact) mass is 1810 g/mol. The van der Waals surface area contributed by atoms with Crippen LogP contribution in [0.5, 0.6) is 0 Å². The third-order valence-electron chi connectivity index (χ3n) is 29.9. The molecule has 4 saturated heterocycles. The molecule has 12 bridgehead atoms. The Morgan fingerprint density at radius 1 is 0.366 bits per heavy atom. The summed E-state index contributed by atoms with van der Waals surface area (Å²) in [6.07, 6.45) is 3.83. The lowest BCUT2D eigenvalue weighted by Crippen LogP contribution is -2.56. The number of rotatable bonds is 11. The maximum Gasteiger partial charge on any atom is 0.252 e. The predicted molar refractivity (Wildman–Crippen MR) is 458 cm³/mol. The first-order valence-electron chi connectivity index (χ1n) is 45.3. The van der Waals surface area contributed by atoms with Crippen LogP contribution in [0.15, 0.2) is 25.3 Å². The summed E-state index contributed by atoms with van der Waals surface area (Å²) in [7, 11) is 0. The molecule has 4 aliphatic heterocycles. The molecule has 8 aromatic rings. The molecule has 24 rings (SSSR count). The van der Waals surface area contributed by atoms with E-state index in [9.17, 15) is 80.8 Å². The number of carbonyl (C=O) groups excluding carboxylic acids is 3. The number of fused-ring (bicyclic) bond motifs is 8. The molecule has 43 nitrogen and oxygen atoms in total. The van der Waals surface area contributed by atoms with Crippen LogP contribution in [0, 0.1) is 118 Å². The predicted octanol–water partition coefficient (Wildman–Crippen LogP) is -2.61. The summed E-state index contributed by atoms with van der Waals surface area (Å²) in [4.78, 5) is 88.1. The number of anilines is 4. The van der Waals surface area contributed by atoms with Gasteiger partial charge in [-0.1, -0.05) is 23.7 Å². The SMILES string of the molecule is CCNC(=O)[C@H]1O[C@@H](n2cnc3c(N)nc(C#CC4(O)C5CC6CC(C5)CC4C6)nc32)[C@@H](O)C1O.CCNC(=O)[C@H]1O[C@@H](n2cnc3c(N)nc(C#CC4(O)CC5CCC4C5)nc32)[C@@H](O)C1O.CCNC(=O)[C@H]1O[C@@H](n2cnc3c(N)nc(C#CC4(O)CC5CCC4C5)nc32)[C@@H](O)C1O.Nc1nc(C#CC2(O)C3CC4CC(C3)CC2C4)nc2c1ncn2[C@@H]1O[C@H](CO)C(O)[C@@H]1O. The zero-order chi connectivity index (χ0) is 91.9. The van der Waals surface area contributed by atoms with Crippen molar-refractivity contribution < 1.29 is 99.7 Å². The molecule has 12 heterocycles. The quantitative estimate of drug-likeness (QED) is 0.0590. The minimum absolute atomic E-state index is 0.0892. The zero-order valence-electron chi connectivity index (χ0n) is 72.2. The third kappa shape index (κ3) is 16.0. The lowest BCUT2D eigenvalue weighted by molar-refractivity contribution is -0.138. The number of carbonyl (C=O) groups is 3. The van der Waals surface area contributed by atoms with Gasteiger partial charge in [0.05, 0.1) is 31.9 Å². The number of aromatic nitrogens is 16. The lowest BCUT2D eigenvalue weighted by atomic mass is 9.50. The molecule has 131 heavy (non-hydrogen) atoms. The molecule has 43 heteroatoms. The fourth-order valence-corrected chi connectivity index (χ4v) is 23.7. The van der Waals surface area contributed by atoms with Crippen molar-refractivity contribution in [1.29, 1.82) is 0 Å². The van der Waals surface area contributed by atoms with Gasteiger partial charge in [0.1, 0.15) is 99.4 Å². The average Bonchev–Trinajstić information content (AvgIpc) is 1.73. The Hall–Kier alpha value is -10.6. The Morgan fingerprint density at radius 2 is 0.634 bits per heavy atom. The van der Waals surface area contributed by atoms with E-state index in [4.69, 9.17) is 41.9 Å². The van der Waals surface area contributed by atoms with Gasteiger partial charge in [-0.15, -0.1) is 0 Å². The first kappa shape index (κ1) is 89.6. The molecule has 22 atom stereocenters. The summed E-state index contributed by atoms with van der Waals surface area (Å²) in [6.45, 7) is 5.88. The first-order chi connectivity index (χ1) is 62.8. The highest BCUT2D eigenvalue weighted by Gasteiger charge is 2.59. The number of ether oxygens (including phenoxy) is 4. The molecule has 696 valence electrons. The molecular formula is C88H109N23O20. The van der Waals surface area contributed by atoms with Crippen LogP contribution in [-0.4, -0.2) is 284 Å². The zero-order valence-corrected chi connectivity index (χ0v) is 72.2. The van der Waals surface area contributed by atoms with E-state index in [0.717, 1.165) is 89.9 Å². The number of nitrogen functional groups attached to an aromatic ring is 4. The molecule has 0 radical (unpaired) electrons. The van der Waals surface area contributed by atoms with E-state index in [0.29, 0.717) is 79.1 Å². The smallest absolute Gasteiger partial charge is 0.252 e. The Balaban J connectivity index is 0.000000113. The van der Waals surface area contributed by atoms with Crippen LogP contribution in [0.4, 0.5) is 23.3 Å². The van der Waals surface area contributed by atoms with Crippen LogP contribution in [0.25, 0.3) is 44.7 Å². The summed E-state index contributed by atoms with van der Waals surface area (Å²) < 4.78 is 28.3. The van der Waals surface area contributed by atoms with Crippen molar-refractivity contribution in [3.63, 3.8) is 0 Å². The van der Waals surface area contributed by atoms with E-state index in [-0.39, 0.29) is 116 Å². The Bertz CT molecular complexity index is 5810. The van der Waals surface area contributed by atoms with E-state index >= 15 is 0 Å². The van der Waals surface area contributed by atoms with Crippen LogP contribution in [0.2, 0.25) is 0 Å². The molecule has 24 N–H and O–H groups in total. The first-order valence-corrected chi connectivity index (χ1v) is 45.3. The molecule has 16 fully saturated rings. The van der Waals surface area contributed by atoms with Crippen molar-refractivity contribution >= 4 is 85.6 Å². The van der Waals surface area contributed by atoms with Crippen molar-refractivity contribution in [2.45, 2.75) is 257 Å². The molecule has 8 aromatic heterocycles. The number of likely N-dealkylation sites (N-methyl/N-ethyl adjacent to an activating group) is 3. The van der Waals surface area contributed by atoms with Gasteiger partial charge in [-0.2, -0.15) is 0 Å². The van der Waals surface area contributed by atoms with Crippen LogP contribution in [0.3, 0.4) is 0 Å². The highest BCUT2D eigenvalue weighted by molar-refractivity contribution is 5.86. The summed E-state index contributed by atoms with van der Waals surface area (Å²) >= 11 is 0. The molecule has 12 aliphatic carbocycles. The molecule has 0 aromatic carbocycles. The normalized spacial score (nSPS) is 38.4. The number of amides is 3. The molecule has 0 spiro atoms. The van der Waals surface area contributed by atoms with Gasteiger partial charge < -0.3 is 124 Å². The summed E-state index contributed by atoms with van der Waals surface area (Å²) in [5, 5.41) is 145. The number of nitrogens with one attached hydrogen (secondary N) is 3. The second-order valence-corrected chi connectivity index (χ2v) is 38.0. The minimum Gasteiger partial charge on any atom is -0.394 e. The van der Waals surface area contributed by atoms with Gasteiger partial charge in [0.2, 0.25) is 23.3 Å². The van der Waals surface area contributed by atoms with Crippen molar-refractivity contribution in [3.8, 4) is 47.4 Å². The van der Waals surface area contributed by atoms with E-state index in [1.54, 1.807) is 20.8 Å². The van der Waals surface area contributed by atoms with Gasteiger partial charge in [0.15, 0.2) is 89.1 Å². The van der Waals surface area contributed by atoms with Crippen LogP contribution < -0.4 is 38.9 Å². The summed E-state index contributed by atoms with van der Waals surface area (Å²) in [5.41, 5.74) is 22.4. The number of nitrogens with two attached hydrogens (primary N) is 4. The van der Waals surface area contributed by atoms with Crippen LogP contribution >= 0.6 is 0 Å². The molecule has 3 amide bonds. The van der Waals surface area contributed by atoms with Crippen molar-refractivity contribution in [3.05, 3.63) is 48.6 Å². The van der Waals surface area contributed by atoms with Crippen molar-refractivity contribution in [2.75, 3.05) is 49.2 Å². The van der Waals surface area contributed by atoms with E-state index in [1.165, 1.54) is 56.4 Å². The maximum absolute atomic E-state index is 12.2. The number of aliphatic hydroxyl groups excluding tert-OH is 9. The topological polar surface area (TPSA) is 666 Å². The fourth-order valence-electron chi connectivity index (χ4n) is 23.7.